The van der Waals surface area contributed by atoms with Crippen LogP contribution in [0.15, 0.2) is 41.6 Å². The number of anilines is 2. The number of aromatic amines is 1. The van der Waals surface area contributed by atoms with Crippen molar-refractivity contribution in [1.29, 1.82) is 0 Å². The predicted octanol–water partition coefficient (Wildman–Crippen LogP) is 3.44. The molecular weight excluding hydrogens is 400 g/mol. The van der Waals surface area contributed by atoms with Crippen LogP contribution in [0.25, 0.3) is 0 Å². The fourth-order valence-electron chi connectivity index (χ4n) is 3.93. The van der Waals surface area contributed by atoms with E-state index in [1.165, 1.54) is 0 Å². The van der Waals surface area contributed by atoms with E-state index < -0.39 is 10.0 Å². The molecule has 30 heavy (non-hydrogen) atoms. The largest absolute Gasteiger partial charge is 0.339 e. The molecule has 1 saturated heterocycles. The minimum Gasteiger partial charge on any atom is -0.339 e. The standard InChI is InChI=1S/C21H26N6O2S/c1-14-6-4-10-22-21(14)24-18-8-9-19(23-12-18)17-7-5-11-27(13-17)30(28,29)20-15(2)25-26-16(20)3/h4,6,8-10,12,17H,5,7,11,13H2,1-3H3,(H,22,24)(H,25,26)/t17-/m0/s1. The molecule has 3 aromatic rings. The van der Waals surface area contributed by atoms with Crippen LogP contribution in [-0.4, -0.2) is 46.0 Å². The summed E-state index contributed by atoms with van der Waals surface area (Å²) in [4.78, 5) is 9.25. The molecule has 0 aromatic carbocycles. The van der Waals surface area contributed by atoms with Crippen molar-refractivity contribution >= 4 is 21.5 Å². The molecule has 0 unspecified atom stereocenters. The zero-order chi connectivity index (χ0) is 21.3. The zero-order valence-corrected chi connectivity index (χ0v) is 18.2. The van der Waals surface area contributed by atoms with E-state index in [4.69, 9.17) is 0 Å². The molecule has 1 aliphatic rings. The summed E-state index contributed by atoms with van der Waals surface area (Å²) >= 11 is 0. The summed E-state index contributed by atoms with van der Waals surface area (Å²) in [5, 5.41) is 10.1. The van der Waals surface area contributed by atoms with Crippen LogP contribution in [0.1, 0.15) is 41.4 Å². The normalized spacial score (nSPS) is 17.8. The Kier molecular flexibility index (Phi) is 5.57. The van der Waals surface area contributed by atoms with Gasteiger partial charge in [-0.15, -0.1) is 0 Å². The summed E-state index contributed by atoms with van der Waals surface area (Å²) < 4.78 is 27.9. The summed E-state index contributed by atoms with van der Waals surface area (Å²) in [6.45, 7) is 6.39. The van der Waals surface area contributed by atoms with Crippen LogP contribution in [0, 0.1) is 20.8 Å². The second kappa shape index (κ2) is 8.16. The lowest BCUT2D eigenvalue weighted by Gasteiger charge is -2.31. The van der Waals surface area contributed by atoms with Gasteiger partial charge in [0.1, 0.15) is 10.7 Å². The first kappa shape index (κ1) is 20.5. The van der Waals surface area contributed by atoms with Gasteiger partial charge in [-0.2, -0.15) is 9.40 Å². The first-order chi connectivity index (χ1) is 14.4. The number of piperidine rings is 1. The molecule has 0 saturated carbocycles. The molecular formula is C21H26N6O2S. The molecule has 1 atom stereocenters. The van der Waals surface area contributed by atoms with E-state index >= 15 is 0 Å². The van der Waals surface area contributed by atoms with Crippen molar-refractivity contribution < 1.29 is 8.42 Å². The quantitative estimate of drug-likeness (QED) is 0.648. The van der Waals surface area contributed by atoms with E-state index in [1.54, 1.807) is 30.5 Å². The number of hydrogen-bond acceptors (Lipinski definition) is 6. The van der Waals surface area contributed by atoms with Gasteiger partial charge in [0.2, 0.25) is 10.0 Å². The van der Waals surface area contributed by atoms with E-state index in [0.29, 0.717) is 29.4 Å². The number of aryl methyl sites for hydroxylation is 3. The molecule has 0 spiro atoms. The number of nitrogens with one attached hydrogen (secondary N) is 2. The maximum atomic E-state index is 13.2. The number of sulfonamides is 1. The second-order valence-corrected chi connectivity index (χ2v) is 9.61. The first-order valence-electron chi connectivity index (χ1n) is 10.0. The second-order valence-electron chi connectivity index (χ2n) is 7.73. The highest BCUT2D eigenvalue weighted by Gasteiger charge is 2.34. The summed E-state index contributed by atoms with van der Waals surface area (Å²) in [6.07, 6.45) is 5.24. The number of nitrogens with zero attached hydrogens (tertiary/aromatic N) is 4. The fourth-order valence-corrected chi connectivity index (χ4v) is 5.78. The van der Waals surface area contributed by atoms with E-state index in [9.17, 15) is 8.42 Å². The van der Waals surface area contributed by atoms with E-state index in [1.807, 2.05) is 31.2 Å². The van der Waals surface area contributed by atoms with Gasteiger partial charge in [-0.05, 0) is 57.4 Å². The number of H-pyrrole nitrogens is 1. The molecule has 0 radical (unpaired) electrons. The van der Waals surface area contributed by atoms with Crippen LogP contribution in [-0.2, 0) is 10.0 Å². The third-order valence-electron chi connectivity index (χ3n) is 5.52. The van der Waals surface area contributed by atoms with Gasteiger partial charge in [-0.1, -0.05) is 6.07 Å². The molecule has 8 nitrogen and oxygen atoms in total. The molecule has 3 aromatic heterocycles. The highest BCUT2D eigenvalue weighted by molar-refractivity contribution is 7.89. The highest BCUT2D eigenvalue weighted by atomic mass is 32.2. The van der Waals surface area contributed by atoms with Gasteiger partial charge in [-0.25, -0.2) is 13.4 Å². The number of aromatic nitrogens is 4. The number of pyridine rings is 2. The monoisotopic (exact) mass is 426 g/mol. The van der Waals surface area contributed by atoms with Gasteiger partial charge in [-0.3, -0.25) is 10.1 Å². The Hall–Kier alpha value is -2.78. The summed E-state index contributed by atoms with van der Waals surface area (Å²) in [7, 11) is -3.58. The van der Waals surface area contributed by atoms with E-state index in [0.717, 1.165) is 35.6 Å². The first-order valence-corrected chi connectivity index (χ1v) is 11.5. The van der Waals surface area contributed by atoms with Crippen molar-refractivity contribution in [3.63, 3.8) is 0 Å². The van der Waals surface area contributed by atoms with Crippen LogP contribution >= 0.6 is 0 Å². The molecule has 1 aliphatic heterocycles. The molecule has 4 heterocycles. The van der Waals surface area contributed by atoms with E-state index in [-0.39, 0.29) is 5.92 Å². The Morgan fingerprint density at radius 2 is 2.00 bits per heavy atom. The lowest BCUT2D eigenvalue weighted by atomic mass is 9.95. The van der Waals surface area contributed by atoms with E-state index in [2.05, 4.69) is 25.5 Å². The fraction of sp³-hybridized carbons (Fsp3) is 0.381. The maximum absolute atomic E-state index is 13.2. The smallest absolute Gasteiger partial charge is 0.246 e. The highest BCUT2D eigenvalue weighted by Crippen LogP contribution is 2.31. The predicted molar refractivity (Wildman–Crippen MR) is 115 cm³/mol. The van der Waals surface area contributed by atoms with Crippen molar-refractivity contribution in [1.82, 2.24) is 24.5 Å². The Bertz CT molecular complexity index is 1120. The lowest BCUT2D eigenvalue weighted by Crippen LogP contribution is -2.39. The van der Waals surface area contributed by atoms with Crippen LogP contribution in [0.5, 0.6) is 0 Å². The average Bonchev–Trinajstić information content (AvgIpc) is 3.09. The van der Waals surface area contributed by atoms with Crippen molar-refractivity contribution in [2.24, 2.45) is 0 Å². The van der Waals surface area contributed by atoms with Gasteiger partial charge in [0.05, 0.1) is 23.3 Å². The van der Waals surface area contributed by atoms with Gasteiger partial charge in [0.15, 0.2) is 0 Å². The van der Waals surface area contributed by atoms with Crippen molar-refractivity contribution in [3.05, 3.63) is 59.3 Å². The summed E-state index contributed by atoms with van der Waals surface area (Å²) in [5.74, 6) is 0.861. The van der Waals surface area contributed by atoms with Crippen LogP contribution in [0.3, 0.4) is 0 Å². The molecule has 0 bridgehead atoms. The molecule has 158 valence electrons. The van der Waals surface area contributed by atoms with Gasteiger partial charge in [0, 0.05) is 30.9 Å². The van der Waals surface area contributed by atoms with Gasteiger partial charge in [0.25, 0.3) is 0 Å². The minimum atomic E-state index is -3.58. The SMILES string of the molecule is Cc1cccnc1Nc1ccc([C@H]2CCCN(S(=O)(=O)c3c(C)n[nH]c3C)C2)nc1. The molecule has 0 aliphatic carbocycles. The molecule has 9 heteroatoms. The van der Waals surface area contributed by atoms with Crippen molar-refractivity contribution in [2.45, 2.75) is 44.4 Å². The van der Waals surface area contributed by atoms with Crippen LogP contribution in [0.2, 0.25) is 0 Å². The Labute approximate surface area is 176 Å². The average molecular weight is 427 g/mol. The molecule has 4 rings (SSSR count). The Morgan fingerprint density at radius 1 is 1.17 bits per heavy atom. The number of rotatable bonds is 5. The molecule has 0 amide bonds. The molecule has 1 fully saturated rings. The summed E-state index contributed by atoms with van der Waals surface area (Å²) in [6, 6.07) is 7.83. The van der Waals surface area contributed by atoms with Crippen molar-refractivity contribution in [2.75, 3.05) is 18.4 Å². The lowest BCUT2D eigenvalue weighted by molar-refractivity contribution is 0.312. The number of hydrogen-bond donors (Lipinski definition) is 2. The minimum absolute atomic E-state index is 0.0617. The zero-order valence-electron chi connectivity index (χ0n) is 17.4. The van der Waals surface area contributed by atoms with Crippen LogP contribution in [0.4, 0.5) is 11.5 Å². The van der Waals surface area contributed by atoms with Crippen molar-refractivity contribution in [3.8, 4) is 0 Å². The molecule has 2 N–H and O–H groups in total. The summed E-state index contributed by atoms with van der Waals surface area (Å²) in [5.41, 5.74) is 3.89. The third kappa shape index (κ3) is 3.95. The topological polar surface area (TPSA) is 104 Å². The maximum Gasteiger partial charge on any atom is 0.246 e. The Morgan fingerprint density at radius 3 is 2.67 bits per heavy atom. The third-order valence-corrected chi connectivity index (χ3v) is 7.65. The van der Waals surface area contributed by atoms with Gasteiger partial charge < -0.3 is 5.32 Å². The van der Waals surface area contributed by atoms with Gasteiger partial charge >= 0.3 is 0 Å². The Balaban J connectivity index is 1.50. The van der Waals surface area contributed by atoms with Crippen LogP contribution < -0.4 is 5.32 Å².